The van der Waals surface area contributed by atoms with E-state index in [1.807, 2.05) is 25.3 Å². The molecule has 0 saturated carbocycles. The van der Waals surface area contributed by atoms with Crippen molar-refractivity contribution in [2.75, 3.05) is 0 Å². The smallest absolute Gasteiger partial charge is 0.0568 e. The molecule has 0 aromatic carbocycles. The lowest BCUT2D eigenvalue weighted by molar-refractivity contribution is 1.05. The highest BCUT2D eigenvalue weighted by atomic mass is 15.1. The van der Waals surface area contributed by atoms with Gasteiger partial charge in [0, 0.05) is 23.7 Å². The number of H-pyrrole nitrogens is 1. The van der Waals surface area contributed by atoms with Gasteiger partial charge >= 0.3 is 0 Å². The van der Waals surface area contributed by atoms with Gasteiger partial charge in [-0.25, -0.2) is 0 Å². The van der Waals surface area contributed by atoms with Crippen LogP contribution in [0.5, 0.6) is 0 Å². The van der Waals surface area contributed by atoms with Gasteiger partial charge < -0.3 is 0 Å². The first-order valence-corrected chi connectivity index (χ1v) is 3.78. The Kier molecular flexibility index (Phi) is 1.63. The summed E-state index contributed by atoms with van der Waals surface area (Å²) in [5, 5.41) is 6.85. The summed E-state index contributed by atoms with van der Waals surface area (Å²) in [5.41, 5.74) is 3.37. The van der Waals surface area contributed by atoms with Crippen LogP contribution in [0.1, 0.15) is 5.69 Å². The second-order valence-electron chi connectivity index (χ2n) is 2.64. The van der Waals surface area contributed by atoms with Crippen LogP contribution in [-0.2, 0) is 0 Å². The normalized spacial score (nSPS) is 10.1. The van der Waals surface area contributed by atoms with Gasteiger partial charge in [0.2, 0.25) is 0 Å². The number of aromatic nitrogens is 3. The predicted octanol–water partition coefficient (Wildman–Crippen LogP) is 1.78. The van der Waals surface area contributed by atoms with Crippen molar-refractivity contribution >= 4 is 0 Å². The minimum absolute atomic E-state index is 1.08. The van der Waals surface area contributed by atoms with Crippen molar-refractivity contribution in [2.24, 2.45) is 0 Å². The minimum Gasteiger partial charge on any atom is -0.282 e. The maximum atomic E-state index is 3.95. The maximum absolute atomic E-state index is 3.95. The predicted molar refractivity (Wildman–Crippen MR) is 46.6 cm³/mol. The summed E-state index contributed by atoms with van der Waals surface area (Å²) in [6.07, 6.45) is 5.38. The Labute approximate surface area is 70.5 Å². The van der Waals surface area contributed by atoms with E-state index < -0.39 is 0 Å². The molecule has 0 spiro atoms. The average Bonchev–Trinajstić information content (AvgIpc) is 2.53. The van der Waals surface area contributed by atoms with Crippen molar-refractivity contribution in [2.45, 2.75) is 6.92 Å². The standard InChI is InChI=1S/C9H9N3/c1-7-9(6-11-12-7)8-2-4-10-5-3-8/h2-6H,1H3,(H,11,12). The molecule has 0 amide bonds. The van der Waals surface area contributed by atoms with Gasteiger partial charge in [-0.05, 0) is 24.6 Å². The monoisotopic (exact) mass is 159 g/mol. The summed E-state index contributed by atoms with van der Waals surface area (Å²) in [7, 11) is 0. The third-order valence-electron chi connectivity index (χ3n) is 1.82. The first kappa shape index (κ1) is 7.03. The van der Waals surface area contributed by atoms with E-state index in [-0.39, 0.29) is 0 Å². The zero-order valence-electron chi connectivity index (χ0n) is 6.78. The third-order valence-corrected chi connectivity index (χ3v) is 1.82. The van der Waals surface area contributed by atoms with E-state index in [0.717, 1.165) is 16.8 Å². The molecule has 60 valence electrons. The molecule has 2 rings (SSSR count). The Bertz CT molecular complexity index is 364. The van der Waals surface area contributed by atoms with Crippen molar-refractivity contribution in [3.05, 3.63) is 36.4 Å². The lowest BCUT2D eigenvalue weighted by Crippen LogP contribution is -1.78. The number of pyridine rings is 1. The average molecular weight is 159 g/mol. The molecule has 1 N–H and O–H groups in total. The van der Waals surface area contributed by atoms with Gasteiger partial charge in [0.05, 0.1) is 6.20 Å². The van der Waals surface area contributed by atoms with E-state index in [1.165, 1.54) is 0 Å². The van der Waals surface area contributed by atoms with Crippen LogP contribution in [0.4, 0.5) is 0 Å². The number of nitrogens with one attached hydrogen (secondary N) is 1. The number of nitrogens with zero attached hydrogens (tertiary/aromatic N) is 2. The second-order valence-corrected chi connectivity index (χ2v) is 2.64. The Hall–Kier alpha value is -1.64. The van der Waals surface area contributed by atoms with Gasteiger partial charge in [-0.1, -0.05) is 0 Å². The summed E-state index contributed by atoms with van der Waals surface area (Å²) in [6.45, 7) is 2.00. The van der Waals surface area contributed by atoms with Gasteiger partial charge in [-0.2, -0.15) is 5.10 Å². The molecule has 0 unspecified atom stereocenters. The molecule has 0 fully saturated rings. The second kappa shape index (κ2) is 2.77. The Morgan fingerprint density at radius 3 is 2.58 bits per heavy atom. The van der Waals surface area contributed by atoms with E-state index in [9.17, 15) is 0 Å². The van der Waals surface area contributed by atoms with Crippen LogP contribution in [0.15, 0.2) is 30.7 Å². The van der Waals surface area contributed by atoms with Crippen LogP contribution < -0.4 is 0 Å². The van der Waals surface area contributed by atoms with E-state index in [4.69, 9.17) is 0 Å². The van der Waals surface area contributed by atoms with E-state index >= 15 is 0 Å². The van der Waals surface area contributed by atoms with Crippen molar-refractivity contribution in [1.29, 1.82) is 0 Å². The largest absolute Gasteiger partial charge is 0.282 e. The fourth-order valence-electron chi connectivity index (χ4n) is 1.17. The lowest BCUT2D eigenvalue weighted by atomic mass is 10.1. The van der Waals surface area contributed by atoms with Crippen LogP contribution in [0.2, 0.25) is 0 Å². The topological polar surface area (TPSA) is 41.6 Å². The van der Waals surface area contributed by atoms with Crippen molar-refractivity contribution in [1.82, 2.24) is 15.2 Å². The Morgan fingerprint density at radius 2 is 2.00 bits per heavy atom. The molecule has 0 saturated heterocycles. The van der Waals surface area contributed by atoms with E-state index in [0.29, 0.717) is 0 Å². The third kappa shape index (κ3) is 1.09. The van der Waals surface area contributed by atoms with E-state index in [1.54, 1.807) is 12.4 Å². The zero-order valence-corrected chi connectivity index (χ0v) is 6.78. The quantitative estimate of drug-likeness (QED) is 0.689. The summed E-state index contributed by atoms with van der Waals surface area (Å²) >= 11 is 0. The van der Waals surface area contributed by atoms with Crippen LogP contribution >= 0.6 is 0 Å². The first-order chi connectivity index (χ1) is 5.88. The van der Waals surface area contributed by atoms with Crippen LogP contribution in [0.3, 0.4) is 0 Å². The van der Waals surface area contributed by atoms with Gasteiger partial charge in [0.15, 0.2) is 0 Å². The molecule has 3 nitrogen and oxygen atoms in total. The summed E-state index contributed by atoms with van der Waals surface area (Å²) < 4.78 is 0. The number of hydrogen-bond donors (Lipinski definition) is 1. The van der Waals surface area contributed by atoms with E-state index in [2.05, 4.69) is 15.2 Å². The molecule has 2 heterocycles. The fraction of sp³-hybridized carbons (Fsp3) is 0.111. The highest BCUT2D eigenvalue weighted by molar-refractivity contribution is 5.63. The molecule has 0 atom stereocenters. The summed E-state index contributed by atoms with van der Waals surface area (Å²) in [4.78, 5) is 3.95. The zero-order chi connectivity index (χ0) is 8.39. The maximum Gasteiger partial charge on any atom is 0.0568 e. The highest BCUT2D eigenvalue weighted by Crippen LogP contribution is 2.19. The summed E-state index contributed by atoms with van der Waals surface area (Å²) in [5.74, 6) is 0. The molecular weight excluding hydrogens is 150 g/mol. The molecule has 0 aliphatic heterocycles. The molecule has 12 heavy (non-hydrogen) atoms. The van der Waals surface area contributed by atoms with Crippen molar-refractivity contribution in [3.63, 3.8) is 0 Å². The van der Waals surface area contributed by atoms with Crippen LogP contribution in [0, 0.1) is 6.92 Å². The number of rotatable bonds is 1. The van der Waals surface area contributed by atoms with Gasteiger partial charge in [-0.15, -0.1) is 0 Å². The lowest BCUT2D eigenvalue weighted by Gasteiger charge is -1.96. The number of aromatic amines is 1. The molecule has 3 heteroatoms. The molecule has 2 aromatic heterocycles. The van der Waals surface area contributed by atoms with Crippen LogP contribution in [-0.4, -0.2) is 15.2 Å². The van der Waals surface area contributed by atoms with Crippen LogP contribution in [0.25, 0.3) is 11.1 Å². The van der Waals surface area contributed by atoms with Gasteiger partial charge in [0.1, 0.15) is 0 Å². The fourth-order valence-corrected chi connectivity index (χ4v) is 1.17. The summed E-state index contributed by atoms with van der Waals surface area (Å²) in [6, 6.07) is 3.94. The molecule has 0 aliphatic carbocycles. The molecule has 0 bridgehead atoms. The molecular formula is C9H9N3. The minimum atomic E-state index is 1.08. The Balaban J connectivity index is 2.51. The van der Waals surface area contributed by atoms with Crippen molar-refractivity contribution in [3.8, 4) is 11.1 Å². The molecule has 0 aliphatic rings. The highest BCUT2D eigenvalue weighted by Gasteiger charge is 2.01. The van der Waals surface area contributed by atoms with Gasteiger partial charge in [0.25, 0.3) is 0 Å². The number of aryl methyl sites for hydroxylation is 1. The molecule has 0 radical (unpaired) electrons. The van der Waals surface area contributed by atoms with Gasteiger partial charge in [-0.3, -0.25) is 10.1 Å². The number of hydrogen-bond acceptors (Lipinski definition) is 2. The van der Waals surface area contributed by atoms with Crippen molar-refractivity contribution < 1.29 is 0 Å². The SMILES string of the molecule is Cc1[nH]ncc1-c1ccncc1. The molecule has 2 aromatic rings. The first-order valence-electron chi connectivity index (χ1n) is 3.78. The Morgan fingerprint density at radius 1 is 1.25 bits per heavy atom.